The van der Waals surface area contributed by atoms with Crippen molar-refractivity contribution in [2.75, 3.05) is 11.9 Å². The van der Waals surface area contributed by atoms with Gasteiger partial charge < -0.3 is 15.0 Å². The maximum absolute atomic E-state index is 12.6. The summed E-state index contributed by atoms with van der Waals surface area (Å²) in [7, 11) is 0. The Morgan fingerprint density at radius 3 is 2.79 bits per heavy atom. The predicted molar refractivity (Wildman–Crippen MR) is 105 cm³/mol. The lowest BCUT2D eigenvalue weighted by Gasteiger charge is -2.11. The quantitative estimate of drug-likeness (QED) is 0.545. The molecule has 0 saturated heterocycles. The van der Waals surface area contributed by atoms with E-state index in [-0.39, 0.29) is 18.7 Å². The number of nitrogens with one attached hydrogen (secondary N) is 1. The van der Waals surface area contributed by atoms with Gasteiger partial charge in [-0.3, -0.25) is 4.79 Å². The van der Waals surface area contributed by atoms with Crippen LogP contribution in [-0.2, 0) is 6.54 Å². The third-order valence-electron chi connectivity index (χ3n) is 4.34. The Kier molecular flexibility index (Phi) is 4.58. The second-order valence-corrected chi connectivity index (χ2v) is 6.44. The minimum atomic E-state index is -0.165. The Hall–Kier alpha value is -3.59. The Morgan fingerprint density at radius 2 is 2.04 bits per heavy atom. The van der Waals surface area contributed by atoms with Gasteiger partial charge in [0.2, 0.25) is 0 Å². The van der Waals surface area contributed by atoms with Crippen LogP contribution in [0.2, 0.25) is 0 Å². The van der Waals surface area contributed by atoms with Crippen LogP contribution in [0.25, 0.3) is 16.6 Å². The van der Waals surface area contributed by atoms with Crippen LogP contribution in [-0.4, -0.2) is 41.0 Å². The fourth-order valence-electron chi connectivity index (χ4n) is 3.05. The van der Waals surface area contributed by atoms with E-state index in [0.717, 1.165) is 10.9 Å². The number of aryl methyl sites for hydroxylation is 2. The molecule has 0 aliphatic rings. The molecule has 9 heteroatoms. The highest BCUT2D eigenvalue weighted by Gasteiger charge is 2.10. The van der Waals surface area contributed by atoms with E-state index in [1.165, 1.54) is 10.9 Å². The van der Waals surface area contributed by atoms with Gasteiger partial charge in [-0.2, -0.15) is 5.10 Å². The van der Waals surface area contributed by atoms with Crippen molar-refractivity contribution in [2.45, 2.75) is 20.4 Å². The highest BCUT2D eigenvalue weighted by molar-refractivity contribution is 5.86. The minimum Gasteiger partial charge on any atom is -0.395 e. The summed E-state index contributed by atoms with van der Waals surface area (Å²) in [5.41, 5.74) is 1.47. The summed E-state index contributed by atoms with van der Waals surface area (Å²) >= 11 is 0. The average molecular weight is 377 g/mol. The van der Waals surface area contributed by atoms with Crippen molar-refractivity contribution in [3.63, 3.8) is 0 Å². The number of anilines is 2. The van der Waals surface area contributed by atoms with Gasteiger partial charge in [-0.05, 0) is 36.9 Å². The highest BCUT2D eigenvalue weighted by atomic mass is 16.3. The maximum Gasteiger partial charge on any atom is 0.260 e. The van der Waals surface area contributed by atoms with Gasteiger partial charge in [0.15, 0.2) is 5.82 Å². The van der Waals surface area contributed by atoms with E-state index in [4.69, 9.17) is 5.11 Å². The molecule has 142 valence electrons. The zero-order chi connectivity index (χ0) is 19.7. The summed E-state index contributed by atoms with van der Waals surface area (Å²) in [5.74, 6) is 1.78. The van der Waals surface area contributed by atoms with Gasteiger partial charge in [-0.1, -0.05) is 0 Å². The molecule has 4 aromatic rings. The molecule has 0 atom stereocenters. The van der Waals surface area contributed by atoms with Crippen molar-refractivity contribution < 1.29 is 5.11 Å². The molecule has 4 aromatic heterocycles. The molecule has 0 radical (unpaired) electrons. The number of aliphatic hydroxyl groups excluding tert-OH is 1. The van der Waals surface area contributed by atoms with Gasteiger partial charge in [0.1, 0.15) is 18.0 Å². The van der Waals surface area contributed by atoms with Crippen molar-refractivity contribution in [1.82, 2.24) is 29.3 Å². The number of hydrogen-bond donors (Lipinski definition) is 2. The Morgan fingerprint density at radius 1 is 1.18 bits per heavy atom. The lowest BCUT2D eigenvalue weighted by molar-refractivity contribution is 0.274. The highest BCUT2D eigenvalue weighted by Crippen LogP contribution is 2.20. The van der Waals surface area contributed by atoms with Gasteiger partial charge in [0.25, 0.3) is 5.56 Å². The molecule has 0 amide bonds. The fraction of sp³-hybridized carbons (Fsp3) is 0.211. The number of rotatable bonds is 5. The molecule has 9 nitrogen and oxygen atoms in total. The zero-order valence-corrected chi connectivity index (χ0v) is 15.5. The van der Waals surface area contributed by atoms with Crippen molar-refractivity contribution >= 4 is 22.4 Å². The lowest BCUT2D eigenvalue weighted by atomic mass is 10.1. The normalized spacial score (nSPS) is 11.1. The first-order valence-corrected chi connectivity index (χ1v) is 8.77. The third-order valence-corrected chi connectivity index (χ3v) is 4.34. The first kappa shape index (κ1) is 17.8. The van der Waals surface area contributed by atoms with Crippen LogP contribution in [0.15, 0.2) is 47.9 Å². The first-order valence-electron chi connectivity index (χ1n) is 8.77. The molecule has 0 saturated carbocycles. The number of aliphatic hydroxyl groups is 1. The molecule has 4 rings (SSSR count). The number of fused-ring (bicyclic) bond motifs is 1. The maximum atomic E-state index is 12.6. The summed E-state index contributed by atoms with van der Waals surface area (Å²) in [6.45, 7) is 3.91. The van der Waals surface area contributed by atoms with Crippen molar-refractivity contribution in [2.24, 2.45) is 0 Å². The van der Waals surface area contributed by atoms with Crippen molar-refractivity contribution in [3.8, 4) is 5.82 Å². The second kappa shape index (κ2) is 7.20. The number of hydrogen-bond acceptors (Lipinski definition) is 7. The van der Waals surface area contributed by atoms with Crippen molar-refractivity contribution in [1.29, 1.82) is 0 Å². The molecule has 0 aromatic carbocycles. The molecule has 0 unspecified atom stereocenters. The SMILES string of the molecule is Cc1cnn(-c2cc(Nc3cc4ccn(CCO)c(=O)c4c(C)n3)ncn2)c1. The van der Waals surface area contributed by atoms with Crippen LogP contribution in [0.3, 0.4) is 0 Å². The summed E-state index contributed by atoms with van der Waals surface area (Å²) in [6.07, 6.45) is 6.76. The van der Waals surface area contributed by atoms with E-state index in [9.17, 15) is 4.79 Å². The largest absolute Gasteiger partial charge is 0.395 e. The fourth-order valence-corrected chi connectivity index (χ4v) is 3.05. The Balaban J connectivity index is 1.69. The molecule has 0 aliphatic heterocycles. The van der Waals surface area contributed by atoms with Gasteiger partial charge in [-0.25, -0.2) is 19.6 Å². The van der Waals surface area contributed by atoms with Crippen LogP contribution in [0, 0.1) is 13.8 Å². The second-order valence-electron chi connectivity index (χ2n) is 6.44. The summed E-state index contributed by atoms with van der Waals surface area (Å²) in [6, 6.07) is 5.41. The Bertz CT molecular complexity index is 1210. The van der Waals surface area contributed by atoms with Gasteiger partial charge in [0, 0.05) is 25.0 Å². The monoisotopic (exact) mass is 377 g/mol. The smallest absolute Gasteiger partial charge is 0.260 e. The summed E-state index contributed by atoms with van der Waals surface area (Å²) < 4.78 is 3.15. The van der Waals surface area contributed by atoms with Gasteiger partial charge >= 0.3 is 0 Å². The van der Waals surface area contributed by atoms with Crippen LogP contribution in [0.1, 0.15) is 11.3 Å². The molecule has 4 heterocycles. The van der Waals surface area contributed by atoms with Crippen LogP contribution in [0.5, 0.6) is 0 Å². The average Bonchev–Trinajstić information content (AvgIpc) is 3.10. The number of pyridine rings is 2. The molecule has 0 spiro atoms. The Labute approximate surface area is 160 Å². The standard InChI is InChI=1S/C19H19N7O2/c1-12-9-22-26(10-12)17-8-15(20-11-21-17)24-16-7-14-3-4-25(5-6-27)19(28)18(14)13(2)23-16/h3-4,7-11,27H,5-6H2,1-2H3,(H,20,21,23,24). The van der Waals surface area contributed by atoms with E-state index >= 15 is 0 Å². The van der Waals surface area contributed by atoms with Gasteiger partial charge in [0.05, 0.1) is 23.9 Å². The van der Waals surface area contributed by atoms with Gasteiger partial charge in [-0.15, -0.1) is 0 Å². The molecule has 0 fully saturated rings. The van der Waals surface area contributed by atoms with E-state index in [1.807, 2.05) is 19.2 Å². The molecule has 0 bridgehead atoms. The van der Waals surface area contributed by atoms with Crippen LogP contribution in [0.4, 0.5) is 11.6 Å². The predicted octanol–water partition coefficient (Wildman–Crippen LogP) is 1.72. The van der Waals surface area contributed by atoms with E-state index in [2.05, 4.69) is 25.4 Å². The molecule has 2 N–H and O–H groups in total. The van der Waals surface area contributed by atoms with Crippen LogP contribution >= 0.6 is 0 Å². The van der Waals surface area contributed by atoms with E-state index in [1.54, 1.807) is 36.1 Å². The van der Waals surface area contributed by atoms with E-state index in [0.29, 0.717) is 28.5 Å². The van der Waals surface area contributed by atoms with Crippen LogP contribution < -0.4 is 10.9 Å². The lowest BCUT2D eigenvalue weighted by Crippen LogP contribution is -2.22. The molecular weight excluding hydrogens is 358 g/mol. The first-order chi connectivity index (χ1) is 13.5. The molecule has 28 heavy (non-hydrogen) atoms. The van der Waals surface area contributed by atoms with Crippen molar-refractivity contribution in [3.05, 3.63) is 64.7 Å². The number of nitrogens with zero attached hydrogens (tertiary/aromatic N) is 6. The minimum absolute atomic E-state index is 0.0939. The summed E-state index contributed by atoms with van der Waals surface area (Å²) in [4.78, 5) is 25.5. The molecular formula is C19H19N7O2. The zero-order valence-electron chi connectivity index (χ0n) is 15.5. The molecule has 0 aliphatic carbocycles. The number of aromatic nitrogens is 6. The van der Waals surface area contributed by atoms with E-state index < -0.39 is 0 Å². The third kappa shape index (κ3) is 3.35. The summed E-state index contributed by atoms with van der Waals surface area (Å²) in [5, 5.41) is 17.8. The topological polar surface area (TPSA) is 111 Å².